The zero-order valence-corrected chi connectivity index (χ0v) is 10.2. The summed E-state index contributed by atoms with van der Waals surface area (Å²) in [5.41, 5.74) is 1.23. The van der Waals surface area contributed by atoms with E-state index in [2.05, 4.69) is 0 Å². The molecule has 0 aliphatic heterocycles. The molecule has 0 bridgehead atoms. The Bertz CT molecular complexity index is 438. The molecule has 4 heteroatoms. The minimum Gasteiger partial charge on any atom is -0.466 e. The number of ether oxygens (including phenoxy) is 1. The van der Waals surface area contributed by atoms with E-state index in [-0.39, 0.29) is 12.4 Å². The first-order valence-corrected chi connectivity index (χ1v) is 5.62. The summed E-state index contributed by atoms with van der Waals surface area (Å²) in [5, 5.41) is 0.548. The molecule has 0 amide bonds. The highest BCUT2D eigenvalue weighted by Crippen LogP contribution is 2.16. The quantitative estimate of drug-likeness (QED) is 0.597. The first-order valence-electron chi connectivity index (χ1n) is 5.24. The van der Waals surface area contributed by atoms with Crippen LogP contribution in [-0.4, -0.2) is 18.9 Å². The normalized spacial score (nSPS) is 10.5. The van der Waals surface area contributed by atoms with E-state index in [0.29, 0.717) is 22.8 Å². The first kappa shape index (κ1) is 13.5. The second kappa shape index (κ2) is 6.86. The van der Waals surface area contributed by atoms with Crippen LogP contribution in [0.2, 0.25) is 5.02 Å². The van der Waals surface area contributed by atoms with E-state index in [9.17, 15) is 9.59 Å². The molecule has 0 saturated carbocycles. The summed E-state index contributed by atoms with van der Waals surface area (Å²) < 4.78 is 4.77. The van der Waals surface area contributed by atoms with Crippen molar-refractivity contribution in [1.29, 1.82) is 0 Å². The van der Waals surface area contributed by atoms with Gasteiger partial charge in [0.15, 0.2) is 6.29 Å². The van der Waals surface area contributed by atoms with Crippen molar-refractivity contribution in [2.24, 2.45) is 0 Å². The predicted molar refractivity (Wildman–Crippen MR) is 67.1 cm³/mol. The smallest absolute Gasteiger partial charge is 0.309 e. The lowest BCUT2D eigenvalue weighted by Crippen LogP contribution is -2.01. The van der Waals surface area contributed by atoms with Gasteiger partial charge in [-0.3, -0.25) is 9.59 Å². The van der Waals surface area contributed by atoms with Crippen molar-refractivity contribution in [3.8, 4) is 0 Å². The number of carbonyl (C=O) groups is 2. The topological polar surface area (TPSA) is 43.4 Å². The van der Waals surface area contributed by atoms with Crippen LogP contribution >= 0.6 is 11.6 Å². The monoisotopic (exact) mass is 252 g/mol. The molecule has 0 radical (unpaired) electrons. The standard InChI is InChI=1S/C13H13ClO3/c1-2-17-13(16)5-3-4-10-8-12(14)7-6-11(10)9-15/h3-4,6-9H,2,5H2,1H3. The van der Waals surface area contributed by atoms with Crippen molar-refractivity contribution in [1.82, 2.24) is 0 Å². The van der Waals surface area contributed by atoms with Gasteiger partial charge >= 0.3 is 5.97 Å². The molecular weight excluding hydrogens is 240 g/mol. The van der Waals surface area contributed by atoms with Crippen molar-refractivity contribution < 1.29 is 14.3 Å². The summed E-state index contributed by atoms with van der Waals surface area (Å²) in [6, 6.07) is 4.96. The molecule has 0 atom stereocenters. The van der Waals surface area contributed by atoms with Crippen molar-refractivity contribution in [3.63, 3.8) is 0 Å². The van der Waals surface area contributed by atoms with Crippen LogP contribution in [0.3, 0.4) is 0 Å². The Kier molecular flexibility index (Phi) is 5.43. The van der Waals surface area contributed by atoms with Gasteiger partial charge in [-0.05, 0) is 30.7 Å². The van der Waals surface area contributed by atoms with Gasteiger partial charge in [-0.1, -0.05) is 23.8 Å². The number of halogens is 1. The van der Waals surface area contributed by atoms with E-state index < -0.39 is 0 Å². The van der Waals surface area contributed by atoms with Crippen LogP contribution in [0.5, 0.6) is 0 Å². The van der Waals surface area contributed by atoms with Crippen molar-refractivity contribution in [3.05, 3.63) is 40.4 Å². The van der Waals surface area contributed by atoms with Gasteiger partial charge in [0.1, 0.15) is 0 Å². The zero-order chi connectivity index (χ0) is 12.7. The number of aldehydes is 1. The maximum absolute atomic E-state index is 11.1. The van der Waals surface area contributed by atoms with Crippen molar-refractivity contribution in [2.75, 3.05) is 6.61 Å². The number of hydrogen-bond donors (Lipinski definition) is 0. The fourth-order valence-corrected chi connectivity index (χ4v) is 1.48. The lowest BCUT2D eigenvalue weighted by atomic mass is 10.1. The average Bonchev–Trinajstić information content (AvgIpc) is 2.30. The first-order chi connectivity index (χ1) is 8.17. The molecule has 90 valence electrons. The van der Waals surface area contributed by atoms with E-state index in [0.717, 1.165) is 6.29 Å². The molecule has 3 nitrogen and oxygen atoms in total. The van der Waals surface area contributed by atoms with Gasteiger partial charge < -0.3 is 4.74 Å². The molecule has 0 unspecified atom stereocenters. The molecule has 0 saturated heterocycles. The molecule has 17 heavy (non-hydrogen) atoms. The number of hydrogen-bond acceptors (Lipinski definition) is 3. The summed E-state index contributed by atoms with van der Waals surface area (Å²) in [5.74, 6) is -0.293. The number of rotatable bonds is 5. The Hall–Kier alpha value is -1.61. The second-order valence-electron chi connectivity index (χ2n) is 3.30. The molecule has 1 aromatic rings. The molecule has 0 fully saturated rings. The van der Waals surface area contributed by atoms with Gasteiger partial charge in [-0.25, -0.2) is 0 Å². The van der Waals surface area contributed by atoms with Crippen LogP contribution in [0.4, 0.5) is 0 Å². The Balaban J connectivity index is 2.73. The third-order valence-electron chi connectivity index (χ3n) is 2.06. The van der Waals surface area contributed by atoms with Crippen molar-refractivity contribution >= 4 is 29.9 Å². The molecule has 1 rings (SSSR count). The summed E-state index contributed by atoms with van der Waals surface area (Å²) >= 11 is 5.82. The fraction of sp³-hybridized carbons (Fsp3) is 0.231. The van der Waals surface area contributed by atoms with Gasteiger partial charge in [0, 0.05) is 10.6 Å². The van der Waals surface area contributed by atoms with Crippen LogP contribution < -0.4 is 0 Å². The van der Waals surface area contributed by atoms with Crippen LogP contribution in [0.1, 0.15) is 29.3 Å². The molecule has 0 heterocycles. The molecule has 0 spiro atoms. The van der Waals surface area contributed by atoms with Crippen LogP contribution in [0.25, 0.3) is 6.08 Å². The molecule has 0 aliphatic carbocycles. The molecule has 0 aliphatic rings. The summed E-state index contributed by atoms with van der Waals surface area (Å²) in [6.45, 7) is 2.12. The van der Waals surface area contributed by atoms with E-state index in [4.69, 9.17) is 16.3 Å². The second-order valence-corrected chi connectivity index (χ2v) is 3.74. The largest absolute Gasteiger partial charge is 0.466 e. The molecule has 0 aromatic heterocycles. The highest BCUT2D eigenvalue weighted by atomic mass is 35.5. The van der Waals surface area contributed by atoms with Gasteiger partial charge in [0.25, 0.3) is 0 Å². The molecular formula is C13H13ClO3. The average molecular weight is 253 g/mol. The van der Waals surface area contributed by atoms with E-state index in [1.165, 1.54) is 0 Å². The maximum Gasteiger partial charge on any atom is 0.309 e. The number of esters is 1. The van der Waals surface area contributed by atoms with E-state index in [1.807, 2.05) is 0 Å². The lowest BCUT2D eigenvalue weighted by molar-refractivity contribution is -0.142. The SMILES string of the molecule is CCOC(=O)CC=Cc1cc(Cl)ccc1C=O. The molecule has 0 N–H and O–H groups in total. The highest BCUT2D eigenvalue weighted by molar-refractivity contribution is 6.30. The Morgan fingerprint density at radius 1 is 1.41 bits per heavy atom. The maximum atomic E-state index is 11.1. The number of carbonyl (C=O) groups excluding carboxylic acids is 2. The Morgan fingerprint density at radius 3 is 2.82 bits per heavy atom. The van der Waals surface area contributed by atoms with Gasteiger partial charge in [0.05, 0.1) is 13.0 Å². The fourth-order valence-electron chi connectivity index (χ4n) is 1.30. The van der Waals surface area contributed by atoms with Crippen molar-refractivity contribution in [2.45, 2.75) is 13.3 Å². The Morgan fingerprint density at radius 2 is 2.18 bits per heavy atom. The van der Waals surface area contributed by atoms with Crippen LogP contribution in [0, 0.1) is 0 Å². The third-order valence-corrected chi connectivity index (χ3v) is 2.30. The van der Waals surface area contributed by atoms with E-state index >= 15 is 0 Å². The summed E-state index contributed by atoms with van der Waals surface area (Å²) in [7, 11) is 0. The molecule has 1 aromatic carbocycles. The van der Waals surface area contributed by atoms with Crippen LogP contribution in [-0.2, 0) is 9.53 Å². The summed E-state index contributed by atoms with van der Waals surface area (Å²) in [6.07, 6.45) is 4.27. The predicted octanol–water partition coefficient (Wildman–Crippen LogP) is 3.12. The lowest BCUT2D eigenvalue weighted by Gasteiger charge is -2.00. The highest BCUT2D eigenvalue weighted by Gasteiger charge is 2.00. The van der Waals surface area contributed by atoms with Gasteiger partial charge in [-0.2, -0.15) is 0 Å². The Labute approximate surface area is 105 Å². The minimum atomic E-state index is -0.293. The number of benzene rings is 1. The third kappa shape index (κ3) is 4.41. The zero-order valence-electron chi connectivity index (χ0n) is 9.48. The van der Waals surface area contributed by atoms with Gasteiger partial charge in [0.2, 0.25) is 0 Å². The minimum absolute atomic E-state index is 0.179. The van der Waals surface area contributed by atoms with Crippen LogP contribution in [0.15, 0.2) is 24.3 Å². The summed E-state index contributed by atoms with van der Waals surface area (Å²) in [4.78, 5) is 21.9. The van der Waals surface area contributed by atoms with Gasteiger partial charge in [-0.15, -0.1) is 0 Å². The van der Waals surface area contributed by atoms with E-state index in [1.54, 1.807) is 37.3 Å².